The molecule has 2 rings (SSSR count). The molecule has 1 aromatic carbocycles. The molecule has 7 heteroatoms. The van der Waals surface area contributed by atoms with Crippen molar-refractivity contribution >= 4 is 29.0 Å². The largest absolute Gasteiger partial charge is 0.382 e. The van der Waals surface area contributed by atoms with E-state index in [1.54, 1.807) is 25.1 Å². The highest BCUT2D eigenvalue weighted by molar-refractivity contribution is 6.35. The van der Waals surface area contributed by atoms with E-state index >= 15 is 0 Å². The molecule has 98 valence electrons. The molecule has 5 nitrogen and oxygen atoms in total. The first-order valence-electron chi connectivity index (χ1n) is 5.31. The minimum Gasteiger partial charge on any atom is -0.382 e. The maximum absolute atomic E-state index is 11.7. The average molecular weight is 297 g/mol. The third-order valence-electron chi connectivity index (χ3n) is 2.50. The Kier molecular flexibility index (Phi) is 3.59. The van der Waals surface area contributed by atoms with E-state index in [0.29, 0.717) is 21.4 Å². The Morgan fingerprint density at radius 2 is 2.05 bits per heavy atom. The number of aryl methyl sites for hydroxylation is 1. The van der Waals surface area contributed by atoms with Crippen LogP contribution in [-0.4, -0.2) is 15.6 Å². The summed E-state index contributed by atoms with van der Waals surface area (Å²) in [6.07, 6.45) is 0. The van der Waals surface area contributed by atoms with E-state index in [1.807, 2.05) is 0 Å². The van der Waals surface area contributed by atoms with Gasteiger partial charge in [0.05, 0.1) is 10.7 Å². The van der Waals surface area contributed by atoms with E-state index in [9.17, 15) is 4.79 Å². The summed E-state index contributed by atoms with van der Waals surface area (Å²) in [4.78, 5) is 11.7. The van der Waals surface area contributed by atoms with E-state index in [0.717, 1.165) is 0 Å². The molecule has 0 saturated carbocycles. The molecule has 0 radical (unpaired) electrons. The van der Waals surface area contributed by atoms with Crippen molar-refractivity contribution in [2.24, 2.45) is 5.73 Å². The van der Waals surface area contributed by atoms with Crippen LogP contribution < -0.4 is 11.2 Å². The summed E-state index contributed by atoms with van der Waals surface area (Å²) in [5, 5.41) is 12.3. The van der Waals surface area contributed by atoms with E-state index in [1.165, 1.54) is 10.7 Å². The van der Waals surface area contributed by atoms with Gasteiger partial charge in [-0.2, -0.15) is 5.10 Å². The van der Waals surface area contributed by atoms with E-state index in [4.69, 9.17) is 34.3 Å². The first-order valence-corrected chi connectivity index (χ1v) is 6.06. The number of halogens is 2. The van der Waals surface area contributed by atoms with E-state index in [-0.39, 0.29) is 11.5 Å². The number of rotatable bonds is 2. The number of amidine groups is 1. The van der Waals surface area contributed by atoms with Crippen molar-refractivity contribution in [3.05, 3.63) is 55.9 Å². The van der Waals surface area contributed by atoms with E-state index in [2.05, 4.69) is 5.10 Å². The molecule has 0 spiro atoms. The predicted molar refractivity (Wildman–Crippen MR) is 75.6 cm³/mol. The lowest BCUT2D eigenvalue weighted by Gasteiger charge is -2.12. The number of nitrogen functional groups attached to an aromatic ring is 1. The molecule has 0 bridgehead atoms. The van der Waals surface area contributed by atoms with E-state index < -0.39 is 5.43 Å². The first kappa shape index (κ1) is 13.6. The fourth-order valence-corrected chi connectivity index (χ4v) is 2.12. The van der Waals surface area contributed by atoms with Crippen LogP contribution in [0.5, 0.6) is 0 Å². The number of nitrogens with zero attached hydrogens (tertiary/aromatic N) is 2. The maximum Gasteiger partial charge on any atom is 0.211 e. The van der Waals surface area contributed by atoms with Gasteiger partial charge in [0.2, 0.25) is 5.43 Å². The molecule has 0 saturated heterocycles. The normalized spacial score (nSPS) is 10.5. The van der Waals surface area contributed by atoms with Crippen molar-refractivity contribution in [3.8, 4) is 5.69 Å². The molecule has 1 heterocycles. The molecular formula is C12H10Cl2N4O. The molecule has 0 unspecified atom stereocenters. The van der Waals surface area contributed by atoms with Gasteiger partial charge in [-0.1, -0.05) is 23.2 Å². The zero-order valence-corrected chi connectivity index (χ0v) is 11.5. The van der Waals surface area contributed by atoms with Gasteiger partial charge in [0.25, 0.3) is 0 Å². The van der Waals surface area contributed by atoms with Crippen LogP contribution >= 0.6 is 23.2 Å². The highest BCUT2D eigenvalue weighted by atomic mass is 35.5. The molecule has 0 amide bonds. The number of nitrogens with two attached hydrogens (primary N) is 1. The topological polar surface area (TPSA) is 84.8 Å². The fraction of sp³-hybridized carbons (Fsp3) is 0.0833. The van der Waals surface area contributed by atoms with Crippen LogP contribution in [0.3, 0.4) is 0 Å². The predicted octanol–water partition coefficient (Wildman–Crippen LogP) is 2.13. The van der Waals surface area contributed by atoms with Crippen LogP contribution in [0.2, 0.25) is 10.0 Å². The minimum atomic E-state index is -0.397. The van der Waals surface area contributed by atoms with Crippen molar-refractivity contribution in [1.82, 2.24) is 9.78 Å². The van der Waals surface area contributed by atoms with Crippen LogP contribution in [0, 0.1) is 12.3 Å². The quantitative estimate of drug-likeness (QED) is 0.658. The van der Waals surface area contributed by atoms with Gasteiger partial charge in [-0.05, 0) is 25.1 Å². The average Bonchev–Trinajstić information content (AvgIpc) is 2.30. The molecule has 0 aliphatic carbocycles. The summed E-state index contributed by atoms with van der Waals surface area (Å²) in [7, 11) is 0. The second kappa shape index (κ2) is 5.03. The lowest BCUT2D eigenvalue weighted by molar-refractivity contribution is 0.792. The summed E-state index contributed by atoms with van der Waals surface area (Å²) in [6, 6.07) is 6.27. The first-order chi connectivity index (χ1) is 8.90. The molecule has 2 aromatic rings. The Morgan fingerprint density at radius 1 is 1.37 bits per heavy atom. The molecule has 0 fully saturated rings. The van der Waals surface area contributed by atoms with Crippen molar-refractivity contribution in [3.63, 3.8) is 0 Å². The van der Waals surface area contributed by atoms with Gasteiger partial charge in [-0.15, -0.1) is 0 Å². The SMILES string of the molecule is Cc1cc(=O)c(C(=N)N)nn1-c1ccc(Cl)cc1Cl. The number of aromatic nitrogens is 2. The van der Waals surface area contributed by atoms with Gasteiger partial charge in [0.1, 0.15) is 5.84 Å². The second-order valence-corrected chi connectivity index (χ2v) is 4.76. The van der Waals surface area contributed by atoms with Crippen molar-refractivity contribution in [2.45, 2.75) is 6.92 Å². The second-order valence-electron chi connectivity index (χ2n) is 3.92. The van der Waals surface area contributed by atoms with Gasteiger partial charge in [0, 0.05) is 16.8 Å². The summed E-state index contributed by atoms with van der Waals surface area (Å²) in [5.41, 5.74) is 5.96. The standard InChI is InChI=1S/C12H10Cl2N4O/c1-6-4-10(19)11(12(15)16)17-18(6)9-3-2-7(13)5-8(9)14/h2-5H,1H3,(H3,15,16). The Hall–Kier alpha value is -1.85. The molecule has 0 atom stereocenters. The van der Waals surface area contributed by atoms with Crippen molar-refractivity contribution < 1.29 is 0 Å². The van der Waals surface area contributed by atoms with Gasteiger partial charge in [-0.3, -0.25) is 10.2 Å². The third-order valence-corrected chi connectivity index (χ3v) is 3.04. The third kappa shape index (κ3) is 2.62. The highest BCUT2D eigenvalue weighted by Gasteiger charge is 2.12. The summed E-state index contributed by atoms with van der Waals surface area (Å²) in [5.74, 6) is -0.385. The van der Waals surface area contributed by atoms with Crippen LogP contribution in [0.1, 0.15) is 11.4 Å². The number of hydrogen-bond donors (Lipinski definition) is 2. The Labute approximate surface area is 119 Å². The van der Waals surface area contributed by atoms with Gasteiger partial charge in [-0.25, -0.2) is 4.68 Å². The Balaban J connectivity index is 2.71. The summed E-state index contributed by atoms with van der Waals surface area (Å²) in [6.45, 7) is 1.71. The maximum atomic E-state index is 11.7. The smallest absolute Gasteiger partial charge is 0.211 e. The van der Waals surface area contributed by atoms with Crippen molar-refractivity contribution in [1.29, 1.82) is 5.41 Å². The molecule has 1 aromatic heterocycles. The Bertz CT molecular complexity index is 724. The van der Waals surface area contributed by atoms with Crippen LogP contribution in [0.4, 0.5) is 0 Å². The molecule has 3 N–H and O–H groups in total. The Morgan fingerprint density at radius 3 is 2.63 bits per heavy atom. The fourth-order valence-electron chi connectivity index (χ4n) is 1.63. The summed E-state index contributed by atoms with van der Waals surface area (Å²) >= 11 is 11.9. The zero-order chi connectivity index (χ0) is 14.2. The lowest BCUT2D eigenvalue weighted by Crippen LogP contribution is -2.27. The van der Waals surface area contributed by atoms with Crippen LogP contribution in [0.15, 0.2) is 29.1 Å². The molecular weight excluding hydrogens is 287 g/mol. The van der Waals surface area contributed by atoms with Gasteiger partial charge in [0.15, 0.2) is 5.69 Å². The number of hydrogen-bond acceptors (Lipinski definition) is 3. The monoisotopic (exact) mass is 296 g/mol. The number of nitrogens with one attached hydrogen (secondary N) is 1. The molecule has 0 aliphatic heterocycles. The molecule has 19 heavy (non-hydrogen) atoms. The highest BCUT2D eigenvalue weighted by Crippen LogP contribution is 2.24. The van der Waals surface area contributed by atoms with Crippen molar-refractivity contribution in [2.75, 3.05) is 0 Å². The van der Waals surface area contributed by atoms with Crippen LogP contribution in [0.25, 0.3) is 5.69 Å². The number of benzene rings is 1. The van der Waals surface area contributed by atoms with Gasteiger partial charge < -0.3 is 5.73 Å². The minimum absolute atomic E-state index is 0.114. The molecule has 0 aliphatic rings. The lowest BCUT2D eigenvalue weighted by atomic mass is 10.2. The summed E-state index contributed by atoms with van der Waals surface area (Å²) < 4.78 is 1.46. The zero-order valence-electron chi connectivity index (χ0n) is 9.95. The van der Waals surface area contributed by atoms with Crippen LogP contribution in [-0.2, 0) is 0 Å². The van der Waals surface area contributed by atoms with Gasteiger partial charge >= 0.3 is 0 Å².